The minimum absolute atomic E-state index is 0.165. The van der Waals surface area contributed by atoms with Crippen molar-refractivity contribution in [3.8, 4) is 0 Å². The number of carbonyl (C=O) groups is 2. The molecule has 5 heteroatoms. The maximum absolute atomic E-state index is 12.5. The summed E-state index contributed by atoms with van der Waals surface area (Å²) in [5.41, 5.74) is 3.78. The molecule has 5 nitrogen and oxygen atoms in total. The highest BCUT2D eigenvalue weighted by Gasteiger charge is 2.62. The maximum Gasteiger partial charge on any atom is 0.335 e. The van der Waals surface area contributed by atoms with Crippen molar-refractivity contribution in [1.29, 1.82) is 0 Å². The molecule has 3 atom stereocenters. The Morgan fingerprint density at radius 1 is 1.38 bits per heavy atom. The van der Waals surface area contributed by atoms with Crippen LogP contribution in [0.1, 0.15) is 31.2 Å². The number of esters is 1. The fourth-order valence-corrected chi connectivity index (χ4v) is 5.56. The van der Waals surface area contributed by atoms with Gasteiger partial charge in [0.15, 0.2) is 0 Å². The highest BCUT2D eigenvalue weighted by atomic mass is 16.5. The number of para-hydroxylation sites is 1. The Morgan fingerprint density at radius 2 is 2.21 bits per heavy atom. The van der Waals surface area contributed by atoms with Gasteiger partial charge in [-0.25, -0.2) is 4.79 Å². The number of fused-ring (bicyclic) bond motifs is 1. The molecule has 1 aromatic rings. The Hall–Kier alpha value is -2.30. The normalized spacial score (nSPS) is 32.9. The second-order valence-corrected chi connectivity index (χ2v) is 7.27. The monoisotopic (exact) mass is 324 g/mol. The van der Waals surface area contributed by atoms with Crippen LogP contribution in [0.3, 0.4) is 0 Å². The van der Waals surface area contributed by atoms with E-state index >= 15 is 0 Å². The number of anilines is 1. The lowest BCUT2D eigenvalue weighted by molar-refractivity contribution is -0.138. The summed E-state index contributed by atoms with van der Waals surface area (Å²) in [7, 11) is 1.45. The topological polar surface area (TPSA) is 58.6 Å². The largest absolute Gasteiger partial charge is 0.466 e. The molecule has 1 amide bonds. The lowest BCUT2D eigenvalue weighted by Crippen LogP contribution is -2.55. The zero-order valence-electron chi connectivity index (χ0n) is 13.7. The molecule has 0 aromatic heterocycles. The molecule has 2 saturated heterocycles. The number of methoxy groups -OCH3 is 1. The van der Waals surface area contributed by atoms with Crippen molar-refractivity contribution in [1.82, 2.24) is 4.90 Å². The first-order valence-corrected chi connectivity index (χ1v) is 8.65. The van der Waals surface area contributed by atoms with Gasteiger partial charge in [-0.15, -0.1) is 0 Å². The number of hydrogen-bond acceptors (Lipinski definition) is 4. The second kappa shape index (κ2) is 4.62. The highest BCUT2D eigenvalue weighted by molar-refractivity contribution is 5.93. The van der Waals surface area contributed by atoms with Crippen molar-refractivity contribution in [3.05, 3.63) is 41.1 Å². The number of carbonyl (C=O) groups excluding carboxylic acids is 2. The molecule has 5 rings (SSSR count). The van der Waals surface area contributed by atoms with Gasteiger partial charge in [0.1, 0.15) is 0 Å². The molecule has 1 N–H and O–H groups in total. The molecule has 3 aliphatic heterocycles. The molecular formula is C19H20N2O3. The first-order chi connectivity index (χ1) is 11.7. The Kier molecular flexibility index (Phi) is 2.71. The number of amides is 1. The van der Waals surface area contributed by atoms with Gasteiger partial charge < -0.3 is 15.0 Å². The van der Waals surface area contributed by atoms with E-state index in [9.17, 15) is 9.59 Å². The zero-order valence-corrected chi connectivity index (χ0v) is 13.7. The predicted molar refractivity (Wildman–Crippen MR) is 88.2 cm³/mol. The summed E-state index contributed by atoms with van der Waals surface area (Å²) in [5.74, 6) is 0.355. The number of ether oxygens (including phenoxy) is 1. The predicted octanol–water partition coefficient (Wildman–Crippen LogP) is 2.19. The van der Waals surface area contributed by atoms with E-state index in [0.717, 1.165) is 36.3 Å². The molecule has 1 spiro atoms. The minimum Gasteiger partial charge on any atom is -0.466 e. The maximum atomic E-state index is 12.5. The van der Waals surface area contributed by atoms with Crippen LogP contribution in [-0.4, -0.2) is 36.5 Å². The Morgan fingerprint density at radius 3 is 3.04 bits per heavy atom. The summed E-state index contributed by atoms with van der Waals surface area (Å²) in [6.45, 7) is 0.772. The number of benzene rings is 1. The van der Waals surface area contributed by atoms with Gasteiger partial charge in [0.2, 0.25) is 5.91 Å². The van der Waals surface area contributed by atoms with E-state index in [0.29, 0.717) is 18.8 Å². The van der Waals surface area contributed by atoms with Crippen LogP contribution in [0.4, 0.5) is 5.69 Å². The van der Waals surface area contributed by atoms with Gasteiger partial charge in [-0.3, -0.25) is 4.79 Å². The fraction of sp³-hybridized carbons (Fsp3) is 0.474. The van der Waals surface area contributed by atoms with E-state index in [1.165, 1.54) is 12.7 Å². The summed E-state index contributed by atoms with van der Waals surface area (Å²) in [6.07, 6.45) is 3.02. The number of piperidine rings is 1. The van der Waals surface area contributed by atoms with Crippen LogP contribution in [0.2, 0.25) is 0 Å². The molecule has 0 bridgehead atoms. The first-order valence-electron chi connectivity index (χ1n) is 8.65. The van der Waals surface area contributed by atoms with Crippen LogP contribution in [0.5, 0.6) is 0 Å². The summed E-state index contributed by atoms with van der Waals surface area (Å²) in [5, 5.41) is 3.51. The first kappa shape index (κ1) is 14.1. The summed E-state index contributed by atoms with van der Waals surface area (Å²) in [4.78, 5) is 27.0. The van der Waals surface area contributed by atoms with E-state index < -0.39 is 0 Å². The Labute approximate surface area is 140 Å². The van der Waals surface area contributed by atoms with Crippen LogP contribution >= 0.6 is 0 Å². The summed E-state index contributed by atoms with van der Waals surface area (Å²) >= 11 is 0. The lowest BCUT2D eigenvalue weighted by atomic mass is 9.61. The molecule has 0 saturated carbocycles. The van der Waals surface area contributed by atoms with Crippen molar-refractivity contribution < 1.29 is 14.3 Å². The average Bonchev–Trinajstić information content (AvgIpc) is 3.17. The van der Waals surface area contributed by atoms with Gasteiger partial charge in [-0.05, 0) is 36.8 Å². The van der Waals surface area contributed by atoms with E-state index in [4.69, 9.17) is 4.74 Å². The van der Waals surface area contributed by atoms with E-state index in [2.05, 4.69) is 22.3 Å². The smallest absolute Gasteiger partial charge is 0.335 e. The summed E-state index contributed by atoms with van der Waals surface area (Å²) in [6, 6.07) is 8.43. The molecule has 3 heterocycles. The SMILES string of the molecule is COC(=O)C1=C2Nc3ccccc3[C@@]23CCN2C(=O)CC[C@H](C1)[C@H]23. The number of nitrogens with zero attached hydrogens (tertiary/aromatic N) is 1. The van der Waals surface area contributed by atoms with Crippen LogP contribution in [0, 0.1) is 5.92 Å². The average molecular weight is 324 g/mol. The number of nitrogens with one attached hydrogen (secondary N) is 1. The molecule has 124 valence electrons. The van der Waals surface area contributed by atoms with Crippen molar-refractivity contribution in [2.45, 2.75) is 37.1 Å². The molecule has 1 aliphatic carbocycles. The molecule has 1 aromatic carbocycles. The van der Waals surface area contributed by atoms with Crippen LogP contribution < -0.4 is 5.32 Å². The van der Waals surface area contributed by atoms with Crippen molar-refractivity contribution in [3.63, 3.8) is 0 Å². The lowest BCUT2D eigenvalue weighted by Gasteiger charge is -2.47. The Balaban J connectivity index is 1.78. The van der Waals surface area contributed by atoms with Crippen LogP contribution in [0.25, 0.3) is 0 Å². The van der Waals surface area contributed by atoms with Gasteiger partial charge in [0, 0.05) is 24.4 Å². The van der Waals surface area contributed by atoms with Gasteiger partial charge in [-0.2, -0.15) is 0 Å². The van der Waals surface area contributed by atoms with Crippen LogP contribution in [0.15, 0.2) is 35.5 Å². The van der Waals surface area contributed by atoms with Crippen molar-refractivity contribution in [2.75, 3.05) is 19.0 Å². The third-order valence-electron chi connectivity index (χ3n) is 6.40. The van der Waals surface area contributed by atoms with Gasteiger partial charge in [0.25, 0.3) is 0 Å². The molecule has 4 aliphatic rings. The van der Waals surface area contributed by atoms with Gasteiger partial charge in [0.05, 0.1) is 24.1 Å². The van der Waals surface area contributed by atoms with Crippen molar-refractivity contribution >= 4 is 17.6 Å². The molecule has 0 radical (unpaired) electrons. The number of hydrogen-bond donors (Lipinski definition) is 1. The molecule has 24 heavy (non-hydrogen) atoms. The zero-order chi connectivity index (χ0) is 16.5. The molecule has 0 unspecified atom stereocenters. The van der Waals surface area contributed by atoms with Gasteiger partial charge >= 0.3 is 5.97 Å². The van der Waals surface area contributed by atoms with E-state index in [1.54, 1.807) is 0 Å². The quantitative estimate of drug-likeness (QED) is 0.805. The van der Waals surface area contributed by atoms with Gasteiger partial charge in [-0.1, -0.05) is 18.2 Å². The Bertz CT molecular complexity index is 800. The van der Waals surface area contributed by atoms with Crippen molar-refractivity contribution in [2.24, 2.45) is 5.92 Å². The third kappa shape index (κ3) is 1.50. The summed E-state index contributed by atoms with van der Waals surface area (Å²) < 4.78 is 5.08. The van der Waals surface area contributed by atoms with Crippen LogP contribution in [-0.2, 0) is 19.7 Å². The van der Waals surface area contributed by atoms with E-state index in [1.807, 2.05) is 12.1 Å². The standard InChI is InChI=1S/C19H20N2O3/c1-24-18(23)12-10-11-6-7-15(22)21-9-8-19(17(11)21)13-4-2-3-5-14(13)20-16(12)19/h2-5,11,17,20H,6-10H2,1H3/t11-,17+,19+/m1/s1. The molecular weight excluding hydrogens is 304 g/mol. The van der Waals surface area contributed by atoms with E-state index in [-0.39, 0.29) is 23.3 Å². The third-order valence-corrected chi connectivity index (χ3v) is 6.40. The second-order valence-electron chi connectivity index (χ2n) is 7.27. The fourth-order valence-electron chi connectivity index (χ4n) is 5.56. The molecule has 2 fully saturated rings. The number of rotatable bonds is 1. The highest BCUT2D eigenvalue weighted by Crippen LogP contribution is 2.60. The minimum atomic E-state index is -0.265.